The summed E-state index contributed by atoms with van der Waals surface area (Å²) in [6.45, 7) is 2.22. The van der Waals surface area contributed by atoms with Gasteiger partial charge in [0.05, 0.1) is 11.5 Å². The van der Waals surface area contributed by atoms with Crippen molar-refractivity contribution in [2.24, 2.45) is 0 Å². The Morgan fingerprint density at radius 1 is 1.32 bits per heavy atom. The van der Waals surface area contributed by atoms with Crippen molar-refractivity contribution >= 4 is 5.97 Å². The third kappa shape index (κ3) is 2.77. The Balaban J connectivity index is 2.13. The summed E-state index contributed by atoms with van der Waals surface area (Å²) in [4.78, 5) is 13.9. The first-order chi connectivity index (χ1) is 9.19. The SMILES string of the molecule is N#CCCN1CCC(C(=O)O)(c2ccccc2)CC1. The van der Waals surface area contributed by atoms with E-state index in [4.69, 9.17) is 5.26 Å². The summed E-state index contributed by atoms with van der Waals surface area (Å²) in [6.07, 6.45) is 1.72. The van der Waals surface area contributed by atoms with E-state index in [-0.39, 0.29) is 0 Å². The van der Waals surface area contributed by atoms with Crippen LogP contribution in [0.3, 0.4) is 0 Å². The van der Waals surface area contributed by atoms with Crippen molar-refractivity contribution in [3.8, 4) is 6.07 Å². The summed E-state index contributed by atoms with van der Waals surface area (Å²) in [6, 6.07) is 11.6. The van der Waals surface area contributed by atoms with E-state index in [1.54, 1.807) is 0 Å². The summed E-state index contributed by atoms with van der Waals surface area (Å²) in [5.74, 6) is -0.737. The lowest BCUT2D eigenvalue weighted by molar-refractivity contribution is -0.146. The zero-order valence-corrected chi connectivity index (χ0v) is 10.9. The Hall–Kier alpha value is -1.86. The normalized spacial score (nSPS) is 18.7. The average Bonchev–Trinajstić information content (AvgIpc) is 2.46. The van der Waals surface area contributed by atoms with Crippen molar-refractivity contribution in [3.63, 3.8) is 0 Å². The van der Waals surface area contributed by atoms with E-state index in [2.05, 4.69) is 11.0 Å². The summed E-state index contributed by atoms with van der Waals surface area (Å²) >= 11 is 0. The number of carbonyl (C=O) groups is 1. The largest absolute Gasteiger partial charge is 0.481 e. The van der Waals surface area contributed by atoms with E-state index >= 15 is 0 Å². The van der Waals surface area contributed by atoms with E-state index < -0.39 is 11.4 Å². The predicted octanol–water partition coefficient (Wildman–Crippen LogP) is 2.02. The highest BCUT2D eigenvalue weighted by molar-refractivity contribution is 5.81. The molecule has 0 spiro atoms. The average molecular weight is 258 g/mol. The number of hydrogen-bond acceptors (Lipinski definition) is 3. The van der Waals surface area contributed by atoms with Crippen molar-refractivity contribution < 1.29 is 9.90 Å². The number of nitriles is 1. The van der Waals surface area contributed by atoms with Gasteiger partial charge in [-0.1, -0.05) is 30.3 Å². The molecule has 0 saturated carbocycles. The molecule has 2 rings (SSSR count). The third-order valence-electron chi connectivity index (χ3n) is 3.99. The van der Waals surface area contributed by atoms with E-state index in [1.165, 1.54) is 0 Å². The van der Waals surface area contributed by atoms with Gasteiger partial charge in [0.15, 0.2) is 0 Å². The summed E-state index contributed by atoms with van der Waals surface area (Å²) in [5, 5.41) is 18.2. The van der Waals surface area contributed by atoms with Crippen LogP contribution in [0.4, 0.5) is 0 Å². The lowest BCUT2D eigenvalue weighted by atomic mass is 9.73. The number of hydrogen-bond donors (Lipinski definition) is 1. The van der Waals surface area contributed by atoms with Gasteiger partial charge in [-0.25, -0.2) is 0 Å². The minimum atomic E-state index is -0.760. The van der Waals surface area contributed by atoms with E-state index in [0.29, 0.717) is 19.3 Å². The van der Waals surface area contributed by atoms with Crippen molar-refractivity contribution in [1.29, 1.82) is 5.26 Å². The number of carboxylic acid groups (broad SMARTS) is 1. The fourth-order valence-electron chi connectivity index (χ4n) is 2.75. The molecule has 100 valence electrons. The first-order valence-electron chi connectivity index (χ1n) is 6.57. The van der Waals surface area contributed by atoms with Gasteiger partial charge in [0.1, 0.15) is 0 Å². The maximum atomic E-state index is 11.7. The molecule has 4 heteroatoms. The van der Waals surface area contributed by atoms with Crippen LogP contribution in [0.25, 0.3) is 0 Å². The molecular formula is C15H18N2O2. The molecule has 1 aromatic rings. The molecule has 1 N–H and O–H groups in total. The number of benzene rings is 1. The van der Waals surface area contributed by atoms with Gasteiger partial charge in [-0.2, -0.15) is 5.26 Å². The number of rotatable bonds is 4. The summed E-state index contributed by atoms with van der Waals surface area (Å²) < 4.78 is 0. The lowest BCUT2D eigenvalue weighted by Gasteiger charge is -2.39. The molecule has 1 aliphatic heterocycles. The molecule has 0 aromatic heterocycles. The second kappa shape index (κ2) is 5.85. The van der Waals surface area contributed by atoms with Crippen LogP contribution in [0.1, 0.15) is 24.8 Å². The number of nitrogens with zero attached hydrogens (tertiary/aromatic N) is 2. The quantitative estimate of drug-likeness (QED) is 0.897. The maximum absolute atomic E-state index is 11.7. The van der Waals surface area contributed by atoms with Crippen LogP contribution in [-0.4, -0.2) is 35.6 Å². The zero-order chi connectivity index (χ0) is 13.7. The van der Waals surface area contributed by atoms with E-state index in [9.17, 15) is 9.90 Å². The summed E-state index contributed by atoms with van der Waals surface area (Å²) in [5.41, 5.74) is 0.132. The monoisotopic (exact) mass is 258 g/mol. The van der Waals surface area contributed by atoms with Gasteiger partial charge in [-0.3, -0.25) is 4.79 Å². The number of piperidine rings is 1. The number of aliphatic carboxylic acids is 1. The molecule has 0 unspecified atom stereocenters. The Morgan fingerprint density at radius 3 is 2.47 bits per heavy atom. The second-order valence-electron chi connectivity index (χ2n) is 5.00. The van der Waals surface area contributed by atoms with Crippen molar-refractivity contribution in [2.45, 2.75) is 24.7 Å². The third-order valence-corrected chi connectivity index (χ3v) is 3.99. The molecule has 0 amide bonds. The Kier molecular flexibility index (Phi) is 4.18. The Bertz CT molecular complexity index is 471. The molecule has 0 radical (unpaired) electrons. The molecule has 19 heavy (non-hydrogen) atoms. The second-order valence-corrected chi connectivity index (χ2v) is 5.00. The zero-order valence-electron chi connectivity index (χ0n) is 10.9. The van der Waals surface area contributed by atoms with Crippen molar-refractivity contribution in [3.05, 3.63) is 35.9 Å². The van der Waals surface area contributed by atoms with Gasteiger partial charge in [0.25, 0.3) is 0 Å². The van der Waals surface area contributed by atoms with Crippen LogP contribution in [0.2, 0.25) is 0 Å². The fourth-order valence-corrected chi connectivity index (χ4v) is 2.75. The van der Waals surface area contributed by atoms with Crippen LogP contribution < -0.4 is 0 Å². The molecule has 4 nitrogen and oxygen atoms in total. The minimum absolute atomic E-state index is 0.505. The summed E-state index contributed by atoms with van der Waals surface area (Å²) in [7, 11) is 0. The fraction of sp³-hybridized carbons (Fsp3) is 0.467. The molecule has 0 aliphatic carbocycles. The van der Waals surface area contributed by atoms with Gasteiger partial charge < -0.3 is 10.0 Å². The highest BCUT2D eigenvalue weighted by Crippen LogP contribution is 2.35. The molecular weight excluding hydrogens is 240 g/mol. The minimum Gasteiger partial charge on any atom is -0.481 e. The number of carboxylic acids is 1. The molecule has 0 bridgehead atoms. The van der Waals surface area contributed by atoms with Crippen molar-refractivity contribution in [1.82, 2.24) is 4.90 Å². The molecule has 1 saturated heterocycles. The topological polar surface area (TPSA) is 64.3 Å². The highest BCUT2D eigenvalue weighted by atomic mass is 16.4. The first-order valence-corrected chi connectivity index (χ1v) is 6.57. The van der Waals surface area contributed by atoms with Crippen LogP contribution in [0.15, 0.2) is 30.3 Å². The Labute approximate surface area is 113 Å². The molecule has 1 heterocycles. The van der Waals surface area contributed by atoms with Gasteiger partial charge in [0, 0.05) is 13.0 Å². The van der Waals surface area contributed by atoms with Crippen LogP contribution in [-0.2, 0) is 10.2 Å². The number of likely N-dealkylation sites (tertiary alicyclic amines) is 1. The Morgan fingerprint density at radius 2 is 1.95 bits per heavy atom. The maximum Gasteiger partial charge on any atom is 0.314 e. The molecule has 1 fully saturated rings. The van der Waals surface area contributed by atoms with Gasteiger partial charge in [0.2, 0.25) is 0 Å². The smallest absolute Gasteiger partial charge is 0.314 e. The van der Waals surface area contributed by atoms with Gasteiger partial charge in [-0.15, -0.1) is 0 Å². The van der Waals surface area contributed by atoms with E-state index in [0.717, 1.165) is 25.2 Å². The van der Waals surface area contributed by atoms with Crippen molar-refractivity contribution in [2.75, 3.05) is 19.6 Å². The van der Waals surface area contributed by atoms with Gasteiger partial charge >= 0.3 is 5.97 Å². The molecule has 1 aliphatic rings. The first kappa shape index (κ1) is 13.6. The molecule has 1 aromatic carbocycles. The standard InChI is InChI=1S/C15H18N2O2/c16-9-4-10-17-11-7-15(8-12-17,14(18)19)13-5-2-1-3-6-13/h1-3,5-6H,4,7-8,10-12H2,(H,18,19). The van der Waals surface area contributed by atoms with E-state index in [1.807, 2.05) is 30.3 Å². The van der Waals surface area contributed by atoms with Gasteiger partial charge in [-0.05, 0) is 31.5 Å². The molecule has 0 atom stereocenters. The predicted molar refractivity (Wildman–Crippen MR) is 71.7 cm³/mol. The lowest BCUT2D eigenvalue weighted by Crippen LogP contribution is -2.47. The van der Waals surface area contributed by atoms with Crippen LogP contribution in [0, 0.1) is 11.3 Å². The van der Waals surface area contributed by atoms with Crippen LogP contribution >= 0.6 is 0 Å². The highest BCUT2D eigenvalue weighted by Gasteiger charge is 2.42. The van der Waals surface area contributed by atoms with Crippen LogP contribution in [0.5, 0.6) is 0 Å².